The van der Waals surface area contributed by atoms with E-state index in [0.717, 1.165) is 10.9 Å². The Labute approximate surface area is 137 Å². The first-order valence-corrected chi connectivity index (χ1v) is 7.34. The molecule has 1 aromatic carbocycles. The van der Waals surface area contributed by atoms with Crippen LogP contribution in [0.15, 0.2) is 71.6 Å². The van der Waals surface area contributed by atoms with Gasteiger partial charge in [-0.2, -0.15) is 0 Å². The van der Waals surface area contributed by atoms with E-state index < -0.39 is 0 Å². The fourth-order valence-electron chi connectivity index (χ4n) is 2.37. The van der Waals surface area contributed by atoms with Crippen LogP contribution < -0.4 is 10.1 Å². The Kier molecular flexibility index (Phi) is 3.47. The van der Waals surface area contributed by atoms with Gasteiger partial charge in [0.15, 0.2) is 5.76 Å². The maximum Gasteiger partial charge on any atom is 0.291 e. The number of hydrogen-bond donors (Lipinski definition) is 2. The highest BCUT2D eigenvalue weighted by molar-refractivity contribution is 6.02. The van der Waals surface area contributed by atoms with E-state index in [4.69, 9.17) is 9.15 Å². The van der Waals surface area contributed by atoms with E-state index in [1.807, 2.05) is 30.5 Å². The predicted octanol–water partition coefficient (Wildman–Crippen LogP) is 4.20. The molecule has 0 atom stereocenters. The van der Waals surface area contributed by atoms with Crippen molar-refractivity contribution in [2.24, 2.45) is 0 Å². The molecule has 0 unspecified atom stereocenters. The van der Waals surface area contributed by atoms with Crippen molar-refractivity contribution in [1.29, 1.82) is 0 Å². The van der Waals surface area contributed by atoms with Crippen LogP contribution in [0.4, 0.5) is 5.69 Å². The topological polar surface area (TPSA) is 80.1 Å². The summed E-state index contributed by atoms with van der Waals surface area (Å²) >= 11 is 0. The van der Waals surface area contributed by atoms with Gasteiger partial charge in [0.25, 0.3) is 5.91 Å². The molecule has 0 saturated heterocycles. The van der Waals surface area contributed by atoms with Crippen LogP contribution in [-0.4, -0.2) is 15.9 Å². The highest BCUT2D eigenvalue weighted by atomic mass is 16.5. The number of pyridine rings is 1. The molecule has 0 radical (unpaired) electrons. The summed E-state index contributed by atoms with van der Waals surface area (Å²) in [5.74, 6) is 1.08. The summed E-state index contributed by atoms with van der Waals surface area (Å²) < 4.78 is 10.9. The minimum atomic E-state index is -0.326. The highest BCUT2D eigenvalue weighted by Gasteiger charge is 2.09. The second kappa shape index (κ2) is 5.92. The van der Waals surface area contributed by atoms with Gasteiger partial charge in [0, 0.05) is 23.2 Å². The maximum absolute atomic E-state index is 11.9. The van der Waals surface area contributed by atoms with Gasteiger partial charge in [-0.15, -0.1) is 0 Å². The molecule has 4 aromatic rings. The van der Waals surface area contributed by atoms with Gasteiger partial charge in [-0.05, 0) is 36.4 Å². The van der Waals surface area contributed by atoms with Crippen molar-refractivity contribution in [3.8, 4) is 11.6 Å². The molecule has 118 valence electrons. The van der Waals surface area contributed by atoms with E-state index in [9.17, 15) is 4.79 Å². The fraction of sp³-hybridized carbons (Fsp3) is 0. The number of carbonyl (C=O) groups excluding carboxylic acids is 1. The van der Waals surface area contributed by atoms with Gasteiger partial charge in [0.05, 0.1) is 18.1 Å². The minimum Gasteiger partial charge on any atom is -0.459 e. The van der Waals surface area contributed by atoms with Crippen LogP contribution in [0.5, 0.6) is 11.6 Å². The Morgan fingerprint density at radius 3 is 2.88 bits per heavy atom. The number of carbonyl (C=O) groups is 1. The van der Waals surface area contributed by atoms with Crippen molar-refractivity contribution < 1.29 is 13.9 Å². The molecule has 0 aliphatic carbocycles. The third kappa shape index (κ3) is 2.72. The lowest BCUT2D eigenvalue weighted by Gasteiger charge is -2.07. The molecule has 0 fully saturated rings. The SMILES string of the molecule is O=C(Nc1ccc(Oc2cccc3[nH]ccc23)nc1)c1ccco1. The summed E-state index contributed by atoms with van der Waals surface area (Å²) in [6.07, 6.45) is 4.84. The van der Waals surface area contributed by atoms with Gasteiger partial charge in [-0.25, -0.2) is 4.98 Å². The average Bonchev–Trinajstić information content (AvgIpc) is 3.28. The molecule has 0 saturated carbocycles. The van der Waals surface area contributed by atoms with Gasteiger partial charge in [0.1, 0.15) is 5.75 Å². The maximum atomic E-state index is 11.9. The number of furan rings is 1. The Bertz CT molecular complexity index is 972. The lowest BCUT2D eigenvalue weighted by Crippen LogP contribution is -2.10. The molecule has 0 aliphatic heterocycles. The number of anilines is 1. The zero-order valence-electron chi connectivity index (χ0n) is 12.5. The molecule has 3 aromatic heterocycles. The summed E-state index contributed by atoms with van der Waals surface area (Å²) in [7, 11) is 0. The standard InChI is InChI=1S/C18H13N3O3/c22-18(16-5-2-10-23-16)21-12-6-7-17(20-11-12)24-15-4-1-3-14-13(15)8-9-19-14/h1-11,19H,(H,21,22). The van der Waals surface area contributed by atoms with Crippen molar-refractivity contribution in [3.05, 3.63) is 72.9 Å². The van der Waals surface area contributed by atoms with Crippen molar-refractivity contribution in [3.63, 3.8) is 0 Å². The fourth-order valence-corrected chi connectivity index (χ4v) is 2.37. The van der Waals surface area contributed by atoms with E-state index >= 15 is 0 Å². The first-order valence-electron chi connectivity index (χ1n) is 7.34. The average molecular weight is 319 g/mol. The van der Waals surface area contributed by atoms with Crippen molar-refractivity contribution in [2.75, 3.05) is 5.32 Å². The number of H-pyrrole nitrogens is 1. The zero-order chi connectivity index (χ0) is 16.4. The number of nitrogens with zero attached hydrogens (tertiary/aromatic N) is 1. The lowest BCUT2D eigenvalue weighted by molar-refractivity contribution is 0.0996. The third-order valence-corrected chi connectivity index (χ3v) is 3.51. The predicted molar refractivity (Wildman–Crippen MR) is 89.3 cm³/mol. The Morgan fingerprint density at radius 2 is 2.08 bits per heavy atom. The molecule has 4 rings (SSSR count). The molecular weight excluding hydrogens is 306 g/mol. The van der Waals surface area contributed by atoms with Crippen LogP contribution in [0, 0.1) is 0 Å². The number of aromatic nitrogens is 2. The van der Waals surface area contributed by atoms with Crippen molar-refractivity contribution >= 4 is 22.5 Å². The Morgan fingerprint density at radius 1 is 1.12 bits per heavy atom. The molecule has 24 heavy (non-hydrogen) atoms. The Balaban J connectivity index is 1.50. The number of ether oxygens (including phenoxy) is 1. The quantitative estimate of drug-likeness (QED) is 0.591. The molecule has 3 heterocycles. The second-order valence-corrected chi connectivity index (χ2v) is 5.11. The van der Waals surface area contributed by atoms with Crippen LogP contribution in [-0.2, 0) is 0 Å². The molecule has 0 spiro atoms. The van der Waals surface area contributed by atoms with E-state index in [1.165, 1.54) is 12.5 Å². The van der Waals surface area contributed by atoms with Gasteiger partial charge < -0.3 is 19.5 Å². The van der Waals surface area contributed by atoms with Crippen LogP contribution >= 0.6 is 0 Å². The normalized spacial score (nSPS) is 10.7. The molecule has 0 aliphatic rings. The second-order valence-electron chi connectivity index (χ2n) is 5.11. The van der Waals surface area contributed by atoms with Crippen LogP contribution in [0.2, 0.25) is 0 Å². The van der Waals surface area contributed by atoms with Gasteiger partial charge in [-0.3, -0.25) is 4.79 Å². The summed E-state index contributed by atoms with van der Waals surface area (Å²) in [6, 6.07) is 14.4. The largest absolute Gasteiger partial charge is 0.459 e. The molecule has 2 N–H and O–H groups in total. The zero-order valence-corrected chi connectivity index (χ0v) is 12.5. The van der Waals surface area contributed by atoms with Crippen molar-refractivity contribution in [1.82, 2.24) is 9.97 Å². The number of benzene rings is 1. The summed E-state index contributed by atoms with van der Waals surface area (Å²) in [5.41, 5.74) is 1.55. The molecule has 6 nitrogen and oxygen atoms in total. The monoisotopic (exact) mass is 319 g/mol. The van der Waals surface area contributed by atoms with E-state index in [2.05, 4.69) is 15.3 Å². The molecule has 1 amide bonds. The number of amides is 1. The van der Waals surface area contributed by atoms with Crippen LogP contribution in [0.1, 0.15) is 10.6 Å². The Hall–Kier alpha value is -3.54. The van der Waals surface area contributed by atoms with Gasteiger partial charge in [-0.1, -0.05) is 6.07 Å². The lowest BCUT2D eigenvalue weighted by atomic mass is 10.2. The molecule has 0 bridgehead atoms. The molecule has 6 heteroatoms. The number of rotatable bonds is 4. The van der Waals surface area contributed by atoms with E-state index in [0.29, 0.717) is 17.3 Å². The number of fused-ring (bicyclic) bond motifs is 1. The van der Waals surface area contributed by atoms with Crippen LogP contribution in [0.25, 0.3) is 10.9 Å². The van der Waals surface area contributed by atoms with E-state index in [-0.39, 0.29) is 11.7 Å². The minimum absolute atomic E-state index is 0.245. The first kappa shape index (κ1) is 14.1. The smallest absolute Gasteiger partial charge is 0.291 e. The van der Waals surface area contributed by atoms with Gasteiger partial charge in [0.2, 0.25) is 5.88 Å². The van der Waals surface area contributed by atoms with Crippen molar-refractivity contribution in [2.45, 2.75) is 0 Å². The third-order valence-electron chi connectivity index (χ3n) is 3.51. The molecular formula is C18H13N3O3. The number of nitrogens with one attached hydrogen (secondary N) is 2. The number of aromatic amines is 1. The summed E-state index contributed by atoms with van der Waals surface area (Å²) in [5, 5.41) is 3.69. The highest BCUT2D eigenvalue weighted by Crippen LogP contribution is 2.28. The number of hydrogen-bond acceptors (Lipinski definition) is 4. The van der Waals surface area contributed by atoms with Gasteiger partial charge >= 0.3 is 0 Å². The van der Waals surface area contributed by atoms with Crippen LogP contribution in [0.3, 0.4) is 0 Å². The first-order chi connectivity index (χ1) is 11.8. The summed E-state index contributed by atoms with van der Waals surface area (Å²) in [6.45, 7) is 0. The summed E-state index contributed by atoms with van der Waals surface area (Å²) in [4.78, 5) is 19.3. The van der Waals surface area contributed by atoms with E-state index in [1.54, 1.807) is 24.3 Å².